The van der Waals surface area contributed by atoms with Crippen molar-refractivity contribution in [1.29, 1.82) is 0 Å². The second-order valence-corrected chi connectivity index (χ2v) is 9.41. The van der Waals surface area contributed by atoms with E-state index in [1.54, 1.807) is 47.8 Å². The highest BCUT2D eigenvalue weighted by Crippen LogP contribution is 2.39. The fraction of sp³-hybridized carbons (Fsp3) is 0.636. The van der Waals surface area contributed by atoms with E-state index in [0.29, 0.717) is 0 Å². The number of aliphatic hydroxyl groups excluding tert-OH is 1. The largest absolute Gasteiger partial charge is 0.421 e. The number of halogens is 3. The number of hydrogen-bond acceptors (Lipinski definition) is 8. The molecular weight excluding hydrogens is 491 g/mol. The Kier molecular flexibility index (Phi) is 19.6. The zero-order chi connectivity index (χ0) is 26.1. The lowest BCUT2D eigenvalue weighted by Crippen LogP contribution is -2.43. The Morgan fingerprint density at radius 2 is 1.48 bits per heavy atom. The van der Waals surface area contributed by atoms with E-state index in [2.05, 4.69) is 26.3 Å². The number of nitrogens with one attached hydrogen (secondary N) is 1. The lowest BCUT2D eigenvalue weighted by molar-refractivity contribution is -0.258. The van der Waals surface area contributed by atoms with Crippen LogP contribution in [0.3, 0.4) is 0 Å². The molecule has 1 aromatic rings. The first-order valence-electron chi connectivity index (χ1n) is 10.5. The van der Waals surface area contributed by atoms with Crippen LogP contribution in [0.1, 0.15) is 33.3 Å². The van der Waals surface area contributed by atoms with Crippen molar-refractivity contribution in [2.24, 2.45) is 0 Å². The number of nitrogens with zero attached hydrogens (tertiary/aromatic N) is 2. The fourth-order valence-corrected chi connectivity index (χ4v) is 4.09. The van der Waals surface area contributed by atoms with Gasteiger partial charge >= 0.3 is 6.18 Å². The molecule has 0 aliphatic carbocycles. The molecule has 1 aliphatic heterocycles. The number of thioether (sulfide) groups is 1. The van der Waals surface area contributed by atoms with Crippen molar-refractivity contribution < 1.29 is 23.4 Å². The van der Waals surface area contributed by atoms with Crippen LogP contribution in [0.25, 0.3) is 0 Å². The van der Waals surface area contributed by atoms with Crippen LogP contribution in [0.5, 0.6) is 0 Å². The molecule has 1 fully saturated rings. The average molecular weight is 532 g/mol. The highest BCUT2D eigenvalue weighted by molar-refractivity contribution is 8.20. The maximum absolute atomic E-state index is 12.9. The van der Waals surface area contributed by atoms with Gasteiger partial charge in [0.25, 0.3) is 0 Å². The predicted molar refractivity (Wildman–Crippen MR) is 143 cm³/mol. The van der Waals surface area contributed by atoms with Crippen LogP contribution in [0.15, 0.2) is 34.6 Å². The Morgan fingerprint density at radius 3 is 1.82 bits per heavy atom. The first-order chi connectivity index (χ1) is 15.6. The molecule has 1 atom stereocenters. The first-order valence-corrected chi connectivity index (χ1v) is 13.7. The molecule has 3 N–H and O–H groups in total. The number of aliphatic hydroxyl groups is 2. The SMILES string of the molecule is C/C=C(\SC)SN1CCN(c2ccc(C(C)(O)C(F)(F)F)cc2)CC1.CC.CNSC.CO. The van der Waals surface area contributed by atoms with Gasteiger partial charge in [-0.1, -0.05) is 44.0 Å². The summed E-state index contributed by atoms with van der Waals surface area (Å²) < 4.78 is 45.1. The number of anilines is 1. The van der Waals surface area contributed by atoms with E-state index in [1.807, 2.05) is 34.1 Å². The molecule has 11 heteroatoms. The number of alkyl halides is 3. The summed E-state index contributed by atoms with van der Waals surface area (Å²) in [6, 6.07) is 6.01. The average Bonchev–Trinajstić information content (AvgIpc) is 2.85. The van der Waals surface area contributed by atoms with Gasteiger partial charge in [-0.2, -0.15) is 13.2 Å². The summed E-state index contributed by atoms with van der Waals surface area (Å²) in [7, 11) is 2.89. The van der Waals surface area contributed by atoms with Crippen molar-refractivity contribution in [2.45, 2.75) is 39.5 Å². The van der Waals surface area contributed by atoms with Crippen molar-refractivity contribution in [3.05, 3.63) is 40.1 Å². The van der Waals surface area contributed by atoms with Gasteiger partial charge in [-0.05, 0) is 63.1 Å². The molecule has 0 aromatic heterocycles. The lowest BCUT2D eigenvalue weighted by atomic mass is 9.95. The molecule has 5 nitrogen and oxygen atoms in total. The normalized spacial score (nSPS) is 16.3. The molecule has 0 amide bonds. The van der Waals surface area contributed by atoms with Crippen molar-refractivity contribution in [1.82, 2.24) is 9.03 Å². The second kappa shape index (κ2) is 18.7. The highest BCUT2D eigenvalue weighted by Gasteiger charge is 2.51. The minimum absolute atomic E-state index is 0.143. The Morgan fingerprint density at radius 1 is 1.03 bits per heavy atom. The van der Waals surface area contributed by atoms with Crippen molar-refractivity contribution in [2.75, 3.05) is 57.7 Å². The minimum atomic E-state index is -4.70. The monoisotopic (exact) mass is 531 g/mol. The summed E-state index contributed by atoms with van der Waals surface area (Å²) in [5.74, 6) is 0. The minimum Gasteiger partial charge on any atom is -0.400 e. The molecule has 0 spiro atoms. The quantitative estimate of drug-likeness (QED) is 0.412. The van der Waals surface area contributed by atoms with E-state index in [-0.39, 0.29) is 5.56 Å². The summed E-state index contributed by atoms with van der Waals surface area (Å²) in [4.78, 5) is 2.15. The first kappa shape index (κ1) is 34.6. The Balaban J connectivity index is 0. The zero-order valence-corrected chi connectivity index (χ0v) is 23.3. The second-order valence-electron chi connectivity index (χ2n) is 6.34. The van der Waals surface area contributed by atoms with Gasteiger partial charge < -0.3 is 15.1 Å². The van der Waals surface area contributed by atoms with Crippen LogP contribution in [0.2, 0.25) is 0 Å². The van der Waals surface area contributed by atoms with Crippen LogP contribution >= 0.6 is 35.7 Å². The van der Waals surface area contributed by atoms with Crippen LogP contribution in [0.4, 0.5) is 18.9 Å². The van der Waals surface area contributed by atoms with E-state index in [4.69, 9.17) is 5.11 Å². The maximum Gasteiger partial charge on any atom is 0.421 e. The summed E-state index contributed by atoms with van der Waals surface area (Å²) in [6.45, 7) is 10.2. The Hall–Kier alpha value is -0.560. The summed E-state index contributed by atoms with van der Waals surface area (Å²) in [6.07, 6.45) is 1.43. The number of piperazine rings is 1. The van der Waals surface area contributed by atoms with Gasteiger partial charge in [0.15, 0.2) is 5.60 Å². The topological polar surface area (TPSA) is 59.0 Å². The standard InChI is InChI=1S/C17H23F3N2OS2.C2H7NS.C2H6.CH4O/c1-4-15(24-3)25-22-11-9-21(10-12-22)14-7-5-13(6-8-14)16(2,23)17(18,19)20;1-3-4-2;2*1-2/h4-8,23H,9-12H2,1-3H3;3H,1-2H3;1-2H3;2H,1H3/b15-4+;;;. The van der Waals surface area contributed by atoms with Crippen molar-refractivity contribution in [3.8, 4) is 0 Å². The fourth-order valence-electron chi connectivity index (χ4n) is 2.53. The van der Waals surface area contributed by atoms with Crippen LogP contribution in [-0.2, 0) is 5.60 Å². The van der Waals surface area contributed by atoms with Gasteiger partial charge in [0.1, 0.15) is 0 Å². The van der Waals surface area contributed by atoms with E-state index in [9.17, 15) is 18.3 Å². The van der Waals surface area contributed by atoms with Gasteiger partial charge in [-0.3, -0.25) is 4.72 Å². The molecule has 1 unspecified atom stereocenters. The van der Waals surface area contributed by atoms with Crippen molar-refractivity contribution >= 4 is 41.3 Å². The van der Waals surface area contributed by atoms with Crippen LogP contribution < -0.4 is 9.62 Å². The molecule has 1 heterocycles. The molecule has 0 bridgehead atoms. The summed E-state index contributed by atoms with van der Waals surface area (Å²) >= 11 is 5.07. The molecule has 1 aromatic carbocycles. The molecule has 33 heavy (non-hydrogen) atoms. The Labute approximate surface area is 210 Å². The van der Waals surface area contributed by atoms with Gasteiger partial charge in [0, 0.05) is 39.0 Å². The summed E-state index contributed by atoms with van der Waals surface area (Å²) in [5.41, 5.74) is -2.10. The maximum atomic E-state index is 12.9. The van der Waals surface area contributed by atoms with E-state index >= 15 is 0 Å². The van der Waals surface area contributed by atoms with Gasteiger partial charge in [0.2, 0.25) is 0 Å². The number of rotatable bonds is 6. The Bertz CT molecular complexity index is 636. The van der Waals surface area contributed by atoms with Gasteiger partial charge in [-0.25, -0.2) is 4.31 Å². The van der Waals surface area contributed by atoms with E-state index in [1.165, 1.54) is 16.4 Å². The van der Waals surface area contributed by atoms with E-state index < -0.39 is 11.8 Å². The van der Waals surface area contributed by atoms with E-state index in [0.717, 1.165) is 45.9 Å². The van der Waals surface area contributed by atoms with Crippen molar-refractivity contribution in [3.63, 3.8) is 0 Å². The predicted octanol–water partition coefficient (Wildman–Crippen LogP) is 5.57. The molecule has 194 valence electrons. The zero-order valence-electron chi connectivity index (χ0n) is 20.9. The number of hydrogen-bond donors (Lipinski definition) is 3. The molecular formula is C22H40F3N3O2S3. The summed E-state index contributed by atoms with van der Waals surface area (Å²) in [5, 5.41) is 16.7. The molecule has 0 radical (unpaired) electrons. The highest BCUT2D eigenvalue weighted by atomic mass is 32.2. The third-order valence-electron chi connectivity index (χ3n) is 4.45. The molecule has 1 saturated heterocycles. The van der Waals surface area contributed by atoms with Crippen LogP contribution in [0, 0.1) is 0 Å². The smallest absolute Gasteiger partial charge is 0.400 e. The number of benzene rings is 1. The third kappa shape index (κ3) is 12.1. The molecule has 0 saturated carbocycles. The van der Waals surface area contributed by atoms with Gasteiger partial charge in [0.05, 0.1) is 4.24 Å². The molecule has 1 aliphatic rings. The van der Waals surface area contributed by atoms with Gasteiger partial charge in [-0.15, -0.1) is 11.8 Å². The lowest BCUT2D eigenvalue weighted by Gasteiger charge is -2.35. The number of allylic oxidation sites excluding steroid dienone is 1. The van der Waals surface area contributed by atoms with Crippen LogP contribution in [-0.4, -0.2) is 73.5 Å². The molecule has 2 rings (SSSR count). The third-order valence-corrected chi connectivity index (χ3v) is 7.25.